The molecule has 5 fully saturated rings. The summed E-state index contributed by atoms with van der Waals surface area (Å²) in [5.74, 6) is 2.57. The van der Waals surface area contributed by atoms with Gasteiger partial charge < -0.3 is 24.1 Å². The van der Waals surface area contributed by atoms with Crippen LogP contribution >= 0.6 is 0 Å². The Morgan fingerprint density at radius 2 is 1.85 bits per heavy atom. The molecule has 2 aromatic heterocycles. The zero-order valence-corrected chi connectivity index (χ0v) is 28.0. The standard InChI is InChI=1S/C40H46N4O3/c1-5-20-17-44-34-14-26-25-16-37-21(11-31(25)41-38(26)35(44)12-23(20)28(34)18-45)10-30-24-13-36-39-27(22-8-6-7-9-32(22)43(39)4)15-33(42(36)3)29(24)19-46-40(30,2)47-37/h5-9,11,16,23-24,28-30,33-36,41,45H,10,12-15,17-19H2,1-4H3. The highest BCUT2D eigenvalue weighted by molar-refractivity contribution is 5.88. The number of aromatic amines is 1. The molecule has 7 heteroatoms. The van der Waals surface area contributed by atoms with Crippen LogP contribution in [0.2, 0.25) is 0 Å². The molecule has 0 saturated carbocycles. The van der Waals surface area contributed by atoms with Crippen LogP contribution in [-0.2, 0) is 31.0 Å². The fraction of sp³-hybridized carbons (Fsp3) is 0.550. The van der Waals surface area contributed by atoms with Gasteiger partial charge in [0.05, 0.1) is 18.7 Å². The number of hydrogen-bond acceptors (Lipinski definition) is 5. The summed E-state index contributed by atoms with van der Waals surface area (Å²) in [4.78, 5) is 9.32. The molecular formula is C40H46N4O3. The van der Waals surface area contributed by atoms with E-state index in [1.165, 1.54) is 49.9 Å². The van der Waals surface area contributed by atoms with Crippen LogP contribution in [0, 0.1) is 29.6 Å². The molecule has 4 aromatic rings. The van der Waals surface area contributed by atoms with Gasteiger partial charge in [-0.05, 0) is 92.8 Å². The number of nitrogens with one attached hydrogen (secondary N) is 1. The quantitative estimate of drug-likeness (QED) is 0.251. The number of aliphatic hydroxyl groups is 1. The molecule has 0 amide bonds. The molecule has 47 heavy (non-hydrogen) atoms. The van der Waals surface area contributed by atoms with Gasteiger partial charge in [-0.25, -0.2) is 0 Å². The maximum Gasteiger partial charge on any atom is 0.211 e. The van der Waals surface area contributed by atoms with Crippen molar-refractivity contribution >= 4 is 21.8 Å². The molecule has 5 saturated heterocycles. The van der Waals surface area contributed by atoms with Gasteiger partial charge in [0.15, 0.2) is 0 Å². The molecule has 11 atom stereocenters. The maximum absolute atomic E-state index is 10.5. The summed E-state index contributed by atoms with van der Waals surface area (Å²) in [5.41, 5.74) is 11.4. The monoisotopic (exact) mass is 630 g/mol. The lowest BCUT2D eigenvalue weighted by atomic mass is 9.62. The molecule has 0 spiro atoms. The number of H-pyrrole nitrogens is 1. The Morgan fingerprint density at radius 3 is 2.70 bits per heavy atom. The van der Waals surface area contributed by atoms with E-state index < -0.39 is 5.79 Å². The first-order valence-electron chi connectivity index (χ1n) is 18.2. The van der Waals surface area contributed by atoms with E-state index in [9.17, 15) is 5.11 Å². The van der Waals surface area contributed by atoms with E-state index in [4.69, 9.17) is 9.47 Å². The van der Waals surface area contributed by atoms with Gasteiger partial charge in [0.1, 0.15) is 5.75 Å². The number of nitrogens with zero attached hydrogens (tertiary/aromatic N) is 3. The molecule has 6 bridgehead atoms. The number of aromatic nitrogens is 2. The number of likely N-dealkylation sites (N-methyl/N-ethyl adjacent to an activating group) is 1. The van der Waals surface area contributed by atoms with Gasteiger partial charge in [-0.3, -0.25) is 9.80 Å². The number of piperidine rings is 4. The Kier molecular flexibility index (Phi) is 5.51. The molecule has 2 aromatic carbocycles. The average Bonchev–Trinajstić information content (AvgIpc) is 3.56. The SMILES string of the molecule is CC=C1CN2C3CC1C(CO)C2Cc1c3[nH]c2cc3c(cc12)OC1(C)OCC2C(CC4c5c(c6ccccc6n5C)CC2N4C)C1C3. The number of para-hydroxylation sites is 1. The van der Waals surface area contributed by atoms with E-state index in [2.05, 4.69) is 89.8 Å². The molecular weight excluding hydrogens is 584 g/mol. The van der Waals surface area contributed by atoms with Crippen molar-refractivity contribution in [1.82, 2.24) is 19.4 Å². The summed E-state index contributed by atoms with van der Waals surface area (Å²) in [6.07, 6.45) is 7.64. The molecule has 11 unspecified atom stereocenters. The molecule has 0 radical (unpaired) electrons. The molecule has 8 aliphatic rings. The first-order chi connectivity index (χ1) is 22.9. The van der Waals surface area contributed by atoms with Crippen LogP contribution in [0.5, 0.6) is 5.75 Å². The van der Waals surface area contributed by atoms with Crippen LogP contribution in [0.1, 0.15) is 66.9 Å². The van der Waals surface area contributed by atoms with Crippen molar-refractivity contribution < 1.29 is 14.6 Å². The van der Waals surface area contributed by atoms with E-state index in [1.807, 2.05) is 0 Å². The smallest absolute Gasteiger partial charge is 0.211 e. The van der Waals surface area contributed by atoms with Gasteiger partial charge in [-0.2, -0.15) is 0 Å². The Hall–Kier alpha value is -3.10. The molecule has 10 heterocycles. The summed E-state index contributed by atoms with van der Waals surface area (Å²) >= 11 is 0. The number of aliphatic hydroxyl groups excluding tert-OH is 1. The third kappa shape index (κ3) is 3.42. The van der Waals surface area contributed by atoms with Crippen molar-refractivity contribution in [3.8, 4) is 5.75 Å². The lowest BCUT2D eigenvalue weighted by Gasteiger charge is -2.59. The second-order valence-corrected chi connectivity index (χ2v) is 16.2. The largest absolute Gasteiger partial charge is 0.462 e. The first-order valence-corrected chi connectivity index (χ1v) is 18.2. The van der Waals surface area contributed by atoms with E-state index in [1.54, 1.807) is 5.56 Å². The third-order valence-corrected chi connectivity index (χ3v) is 14.7. The van der Waals surface area contributed by atoms with E-state index in [0.29, 0.717) is 53.8 Å². The average molecular weight is 631 g/mol. The minimum atomic E-state index is -0.615. The van der Waals surface area contributed by atoms with Crippen LogP contribution in [0.3, 0.4) is 0 Å². The molecule has 7 nitrogen and oxygen atoms in total. The van der Waals surface area contributed by atoms with Crippen molar-refractivity contribution in [2.24, 2.45) is 36.6 Å². The summed E-state index contributed by atoms with van der Waals surface area (Å²) in [5, 5.41) is 13.2. The van der Waals surface area contributed by atoms with E-state index in [0.717, 1.165) is 51.0 Å². The fourth-order valence-electron chi connectivity index (χ4n) is 12.4. The molecule has 2 N–H and O–H groups in total. The van der Waals surface area contributed by atoms with E-state index >= 15 is 0 Å². The summed E-state index contributed by atoms with van der Waals surface area (Å²) in [7, 11) is 4.63. The van der Waals surface area contributed by atoms with Crippen LogP contribution in [0.25, 0.3) is 21.8 Å². The normalized spacial score (nSPS) is 40.5. The van der Waals surface area contributed by atoms with Crippen molar-refractivity contribution in [2.75, 3.05) is 26.8 Å². The number of ether oxygens (including phenoxy) is 2. The number of hydrogen-bond donors (Lipinski definition) is 2. The maximum atomic E-state index is 10.5. The number of aryl methyl sites for hydroxylation is 1. The summed E-state index contributed by atoms with van der Waals surface area (Å²) in [6.45, 7) is 6.46. The minimum absolute atomic E-state index is 0.269. The lowest BCUT2D eigenvalue weighted by molar-refractivity contribution is -0.280. The highest BCUT2D eigenvalue weighted by atomic mass is 16.7. The number of rotatable bonds is 1. The molecule has 244 valence electrons. The van der Waals surface area contributed by atoms with Crippen LogP contribution in [0.4, 0.5) is 0 Å². The van der Waals surface area contributed by atoms with Gasteiger partial charge >= 0.3 is 0 Å². The Balaban J connectivity index is 0.963. The predicted molar refractivity (Wildman–Crippen MR) is 182 cm³/mol. The van der Waals surface area contributed by atoms with Gasteiger partial charge in [0.2, 0.25) is 5.79 Å². The number of allylic oxidation sites excluding steroid dienone is 1. The highest BCUT2D eigenvalue weighted by Gasteiger charge is 2.59. The zero-order chi connectivity index (χ0) is 31.5. The van der Waals surface area contributed by atoms with Crippen molar-refractivity contribution in [2.45, 2.75) is 75.9 Å². The van der Waals surface area contributed by atoms with Gasteiger partial charge in [-0.15, -0.1) is 0 Å². The molecule has 0 aliphatic carbocycles. The molecule has 12 rings (SSSR count). The van der Waals surface area contributed by atoms with Crippen LogP contribution in [0.15, 0.2) is 48.0 Å². The summed E-state index contributed by atoms with van der Waals surface area (Å²) < 4.78 is 16.4. The zero-order valence-electron chi connectivity index (χ0n) is 28.0. The Bertz CT molecular complexity index is 2020. The van der Waals surface area contributed by atoms with E-state index in [-0.39, 0.29) is 6.61 Å². The minimum Gasteiger partial charge on any atom is -0.462 e. The van der Waals surface area contributed by atoms with Crippen LogP contribution in [-0.4, -0.2) is 69.1 Å². The highest BCUT2D eigenvalue weighted by Crippen LogP contribution is 2.58. The van der Waals surface area contributed by atoms with Gasteiger partial charge in [0, 0.05) is 90.2 Å². The van der Waals surface area contributed by atoms with Crippen molar-refractivity contribution in [3.63, 3.8) is 0 Å². The number of benzene rings is 2. The first kappa shape index (κ1) is 27.8. The second-order valence-electron chi connectivity index (χ2n) is 16.2. The Labute approximate surface area is 276 Å². The van der Waals surface area contributed by atoms with Crippen molar-refractivity contribution in [1.29, 1.82) is 0 Å². The molecule has 8 aliphatic heterocycles. The van der Waals surface area contributed by atoms with Gasteiger partial charge in [0.25, 0.3) is 0 Å². The Morgan fingerprint density at radius 1 is 1.00 bits per heavy atom. The van der Waals surface area contributed by atoms with Crippen molar-refractivity contribution in [3.05, 3.63) is 76.1 Å². The van der Waals surface area contributed by atoms with Crippen LogP contribution < -0.4 is 4.74 Å². The second kappa shape index (κ2) is 9.32. The number of fused-ring (bicyclic) bond motifs is 15. The van der Waals surface area contributed by atoms with Gasteiger partial charge in [-0.1, -0.05) is 29.8 Å². The topological polar surface area (TPSA) is 65.9 Å². The fourth-order valence-corrected chi connectivity index (χ4v) is 12.4. The predicted octanol–water partition coefficient (Wildman–Crippen LogP) is 6.05. The summed E-state index contributed by atoms with van der Waals surface area (Å²) in [6, 6.07) is 15.5. The lowest BCUT2D eigenvalue weighted by Crippen LogP contribution is -2.64. The third-order valence-electron chi connectivity index (χ3n) is 14.7.